The first kappa shape index (κ1) is 14.5. The molecule has 0 bridgehead atoms. The van der Waals surface area contributed by atoms with Crippen molar-refractivity contribution in [3.05, 3.63) is 29.6 Å². The molecule has 1 aromatic carbocycles. The van der Waals surface area contributed by atoms with E-state index >= 15 is 0 Å². The number of fused-ring (bicyclic) bond motifs is 1. The predicted molar refractivity (Wildman–Crippen MR) is 70.4 cm³/mol. The number of benzene rings is 1. The molecular weight excluding hydrogens is 256 g/mol. The van der Waals surface area contributed by atoms with Gasteiger partial charge in [0.1, 0.15) is 5.82 Å². The number of aliphatic hydroxyl groups excluding tert-OH is 1. The third-order valence-electron chi connectivity index (χ3n) is 2.77. The molecule has 6 heteroatoms. The van der Waals surface area contributed by atoms with E-state index in [2.05, 4.69) is 9.97 Å². The number of aromatic nitrogens is 2. The Morgan fingerprint density at radius 1 is 1.44 bits per heavy atom. The lowest BCUT2D eigenvalue weighted by atomic mass is 9.94. The second-order valence-corrected chi connectivity index (χ2v) is 4.66. The number of imidazole rings is 1. The van der Waals surface area contributed by atoms with Crippen LogP contribution < -0.4 is 0 Å². The molecule has 0 unspecified atom stereocenters. The summed E-state index contributed by atoms with van der Waals surface area (Å²) in [5.74, 6) is -0.318. The van der Waals surface area contributed by atoms with Crippen LogP contribution in [0, 0.1) is 0 Å². The number of nitrogens with zero attached hydrogens (tertiary/aromatic N) is 1. The van der Waals surface area contributed by atoms with Gasteiger partial charge in [0, 0.05) is 5.41 Å². The number of carbonyl (C=O) groups is 1. The standard InChI is InChI=1S/C12H14N2O3.ClH/c1-12(2,6-15)11-13-8-4-3-7(10(16)17)5-9(8)14-11;/h3-5,15H,6H2,1-2H3,(H,13,14)(H,16,17);1H. The maximum Gasteiger partial charge on any atom is 0.335 e. The van der Waals surface area contributed by atoms with Crippen LogP contribution in [0.2, 0.25) is 0 Å². The number of carboxylic acid groups (broad SMARTS) is 1. The summed E-state index contributed by atoms with van der Waals surface area (Å²) in [5, 5.41) is 18.1. The minimum Gasteiger partial charge on any atom is -0.478 e. The maximum absolute atomic E-state index is 10.8. The quantitative estimate of drug-likeness (QED) is 0.796. The number of aliphatic hydroxyl groups is 1. The molecule has 0 aliphatic rings. The number of aromatic carboxylic acids is 1. The first-order valence-corrected chi connectivity index (χ1v) is 5.28. The Morgan fingerprint density at radius 3 is 2.67 bits per heavy atom. The number of hydrogen-bond donors (Lipinski definition) is 3. The molecule has 0 spiro atoms. The van der Waals surface area contributed by atoms with Gasteiger partial charge < -0.3 is 15.2 Å². The molecule has 0 atom stereocenters. The molecule has 0 saturated heterocycles. The number of aromatic amines is 1. The second kappa shape index (κ2) is 4.96. The normalized spacial score (nSPS) is 11.3. The van der Waals surface area contributed by atoms with Gasteiger partial charge in [0.15, 0.2) is 0 Å². The summed E-state index contributed by atoms with van der Waals surface area (Å²) in [6.07, 6.45) is 0. The lowest BCUT2D eigenvalue weighted by Crippen LogP contribution is -2.23. The number of H-pyrrole nitrogens is 1. The minimum atomic E-state index is -0.968. The molecule has 2 aromatic rings. The van der Waals surface area contributed by atoms with Crippen LogP contribution in [0.25, 0.3) is 11.0 Å². The van der Waals surface area contributed by atoms with E-state index in [-0.39, 0.29) is 24.6 Å². The van der Waals surface area contributed by atoms with Crippen LogP contribution in [0.4, 0.5) is 0 Å². The molecular formula is C12H15ClN2O3. The van der Waals surface area contributed by atoms with Gasteiger partial charge in [0.05, 0.1) is 23.2 Å². The number of carboxylic acids is 1. The van der Waals surface area contributed by atoms with Gasteiger partial charge in [-0.05, 0) is 18.2 Å². The van der Waals surface area contributed by atoms with Crippen LogP contribution >= 0.6 is 12.4 Å². The van der Waals surface area contributed by atoms with Crippen molar-refractivity contribution < 1.29 is 15.0 Å². The van der Waals surface area contributed by atoms with Crippen molar-refractivity contribution in [3.8, 4) is 0 Å². The summed E-state index contributed by atoms with van der Waals surface area (Å²) in [4.78, 5) is 18.2. The third-order valence-corrected chi connectivity index (χ3v) is 2.77. The van der Waals surface area contributed by atoms with Gasteiger partial charge in [0.25, 0.3) is 0 Å². The van der Waals surface area contributed by atoms with Gasteiger partial charge in [-0.15, -0.1) is 12.4 Å². The Morgan fingerprint density at radius 2 is 2.11 bits per heavy atom. The average Bonchev–Trinajstić information content (AvgIpc) is 2.72. The van der Waals surface area contributed by atoms with Crippen molar-refractivity contribution in [1.82, 2.24) is 9.97 Å². The highest BCUT2D eigenvalue weighted by atomic mass is 35.5. The molecule has 1 aromatic heterocycles. The number of hydrogen-bond acceptors (Lipinski definition) is 3. The molecule has 98 valence electrons. The first-order chi connectivity index (χ1) is 7.94. The molecule has 0 amide bonds. The Bertz CT molecular complexity index is 578. The van der Waals surface area contributed by atoms with Crippen LogP contribution in [0.5, 0.6) is 0 Å². The monoisotopic (exact) mass is 270 g/mol. The van der Waals surface area contributed by atoms with E-state index in [0.717, 1.165) is 0 Å². The highest BCUT2D eigenvalue weighted by molar-refractivity contribution is 5.92. The molecule has 0 radical (unpaired) electrons. The maximum atomic E-state index is 10.8. The molecule has 0 fully saturated rings. The zero-order chi connectivity index (χ0) is 12.6. The largest absolute Gasteiger partial charge is 0.478 e. The van der Waals surface area contributed by atoms with Gasteiger partial charge in [-0.3, -0.25) is 0 Å². The SMILES string of the molecule is CC(C)(CO)c1nc2ccc(C(=O)O)cc2[nH]1.Cl. The summed E-state index contributed by atoms with van der Waals surface area (Å²) in [6.45, 7) is 3.70. The topological polar surface area (TPSA) is 86.2 Å². The van der Waals surface area contributed by atoms with Crippen LogP contribution in [0.15, 0.2) is 18.2 Å². The highest BCUT2D eigenvalue weighted by Gasteiger charge is 2.23. The van der Waals surface area contributed by atoms with Crippen molar-refractivity contribution in [3.63, 3.8) is 0 Å². The van der Waals surface area contributed by atoms with Gasteiger partial charge in [-0.25, -0.2) is 9.78 Å². The zero-order valence-electron chi connectivity index (χ0n) is 10.1. The summed E-state index contributed by atoms with van der Waals surface area (Å²) in [6, 6.07) is 4.72. The number of nitrogens with one attached hydrogen (secondary N) is 1. The Balaban J connectivity index is 0.00000162. The van der Waals surface area contributed by atoms with E-state index in [9.17, 15) is 9.90 Å². The van der Waals surface area contributed by atoms with Gasteiger partial charge >= 0.3 is 5.97 Å². The second-order valence-electron chi connectivity index (χ2n) is 4.66. The van der Waals surface area contributed by atoms with E-state index in [4.69, 9.17) is 5.11 Å². The molecule has 2 rings (SSSR count). The lowest BCUT2D eigenvalue weighted by molar-refractivity contribution is 0.0697. The zero-order valence-corrected chi connectivity index (χ0v) is 10.9. The molecule has 3 N–H and O–H groups in total. The Kier molecular flexibility index (Phi) is 3.98. The summed E-state index contributed by atoms with van der Waals surface area (Å²) in [7, 11) is 0. The van der Waals surface area contributed by atoms with Crippen LogP contribution in [-0.2, 0) is 5.41 Å². The molecule has 1 heterocycles. The summed E-state index contributed by atoms with van der Waals surface area (Å²) >= 11 is 0. The summed E-state index contributed by atoms with van der Waals surface area (Å²) in [5.41, 5.74) is 1.12. The Hall–Kier alpha value is -1.59. The van der Waals surface area contributed by atoms with E-state index < -0.39 is 11.4 Å². The molecule has 0 aliphatic carbocycles. The van der Waals surface area contributed by atoms with Crippen LogP contribution in [0.1, 0.15) is 30.0 Å². The number of rotatable bonds is 3. The van der Waals surface area contributed by atoms with E-state index in [1.54, 1.807) is 12.1 Å². The first-order valence-electron chi connectivity index (χ1n) is 5.28. The minimum absolute atomic E-state index is 0. The molecule has 5 nitrogen and oxygen atoms in total. The lowest BCUT2D eigenvalue weighted by Gasteiger charge is -2.17. The van der Waals surface area contributed by atoms with E-state index in [1.807, 2.05) is 13.8 Å². The van der Waals surface area contributed by atoms with Crippen LogP contribution in [-0.4, -0.2) is 32.8 Å². The van der Waals surface area contributed by atoms with Gasteiger partial charge in [-0.1, -0.05) is 13.8 Å². The Labute approximate surface area is 110 Å². The third kappa shape index (κ3) is 2.47. The van der Waals surface area contributed by atoms with E-state index in [1.165, 1.54) is 6.07 Å². The van der Waals surface area contributed by atoms with Crippen molar-refractivity contribution in [1.29, 1.82) is 0 Å². The van der Waals surface area contributed by atoms with Gasteiger partial charge in [-0.2, -0.15) is 0 Å². The fraction of sp³-hybridized carbons (Fsp3) is 0.333. The molecule has 0 aliphatic heterocycles. The molecule has 18 heavy (non-hydrogen) atoms. The van der Waals surface area contributed by atoms with Crippen molar-refractivity contribution >= 4 is 29.4 Å². The smallest absolute Gasteiger partial charge is 0.335 e. The predicted octanol–water partition coefficient (Wildman–Crippen LogP) is 1.95. The fourth-order valence-electron chi connectivity index (χ4n) is 1.54. The summed E-state index contributed by atoms with van der Waals surface area (Å²) < 4.78 is 0. The van der Waals surface area contributed by atoms with Crippen LogP contribution in [0.3, 0.4) is 0 Å². The van der Waals surface area contributed by atoms with Crippen molar-refractivity contribution in [2.45, 2.75) is 19.3 Å². The van der Waals surface area contributed by atoms with Gasteiger partial charge in [0.2, 0.25) is 0 Å². The fourth-order valence-corrected chi connectivity index (χ4v) is 1.54. The van der Waals surface area contributed by atoms with Crippen molar-refractivity contribution in [2.75, 3.05) is 6.61 Å². The number of halogens is 1. The van der Waals surface area contributed by atoms with E-state index in [0.29, 0.717) is 16.9 Å². The van der Waals surface area contributed by atoms with Crippen molar-refractivity contribution in [2.24, 2.45) is 0 Å². The highest BCUT2D eigenvalue weighted by Crippen LogP contribution is 2.23. The average molecular weight is 271 g/mol. The molecule has 0 saturated carbocycles.